The Hall–Kier alpha value is -2.52. The molecule has 1 saturated heterocycles. The minimum absolute atomic E-state index is 0.115. The zero-order valence-electron chi connectivity index (χ0n) is 11.1. The smallest absolute Gasteiger partial charge is 0.332 e. The normalized spacial score (nSPS) is 21.3. The van der Waals surface area contributed by atoms with Gasteiger partial charge in [0.25, 0.3) is 0 Å². The Kier molecular flexibility index (Phi) is 3.50. The minimum Gasteiger partial charge on any atom is -0.485 e. The lowest BCUT2D eigenvalue weighted by Gasteiger charge is -2.12. The van der Waals surface area contributed by atoms with E-state index in [0.717, 1.165) is 5.39 Å². The van der Waals surface area contributed by atoms with Crippen LogP contribution in [0.3, 0.4) is 0 Å². The zero-order valence-corrected chi connectivity index (χ0v) is 11.1. The predicted octanol–water partition coefficient (Wildman–Crippen LogP) is 2.32. The van der Waals surface area contributed by atoms with E-state index in [9.17, 15) is 4.79 Å². The molecular formula is C15H13NO5. The third-order valence-electron chi connectivity index (χ3n) is 3.45. The van der Waals surface area contributed by atoms with Crippen LogP contribution in [-0.2, 0) is 9.53 Å². The summed E-state index contributed by atoms with van der Waals surface area (Å²) in [5.41, 5.74) is 0.583. The summed E-state index contributed by atoms with van der Waals surface area (Å²) >= 11 is 0. The van der Waals surface area contributed by atoms with E-state index in [0.29, 0.717) is 24.2 Å². The van der Waals surface area contributed by atoms with E-state index in [1.807, 2.05) is 24.3 Å². The number of benzene rings is 1. The van der Waals surface area contributed by atoms with Gasteiger partial charge in [0.05, 0.1) is 11.5 Å². The first-order chi connectivity index (χ1) is 10.2. The molecule has 0 radical (unpaired) electrons. The minimum atomic E-state index is -0.955. The van der Waals surface area contributed by atoms with Gasteiger partial charge in [-0.2, -0.15) is 5.26 Å². The molecular weight excluding hydrogens is 274 g/mol. The lowest BCUT2D eigenvalue weighted by molar-refractivity contribution is -0.149. The highest BCUT2D eigenvalue weighted by atomic mass is 16.6. The number of carboxylic acid groups (broad SMARTS) is 1. The van der Waals surface area contributed by atoms with E-state index >= 15 is 0 Å². The lowest BCUT2D eigenvalue weighted by Crippen LogP contribution is -2.23. The lowest BCUT2D eigenvalue weighted by atomic mass is 10.2. The Morgan fingerprint density at radius 1 is 1.43 bits per heavy atom. The van der Waals surface area contributed by atoms with Crippen molar-refractivity contribution in [2.75, 3.05) is 6.61 Å². The van der Waals surface area contributed by atoms with Crippen molar-refractivity contribution in [2.45, 2.75) is 25.0 Å². The van der Waals surface area contributed by atoms with Gasteiger partial charge >= 0.3 is 5.97 Å². The second-order valence-electron chi connectivity index (χ2n) is 4.84. The molecule has 6 nitrogen and oxygen atoms in total. The van der Waals surface area contributed by atoms with Crippen LogP contribution < -0.4 is 4.74 Å². The Balaban J connectivity index is 1.74. The zero-order chi connectivity index (χ0) is 14.8. The molecule has 2 heterocycles. The van der Waals surface area contributed by atoms with Gasteiger partial charge < -0.3 is 19.0 Å². The fourth-order valence-corrected chi connectivity index (χ4v) is 2.42. The number of carbonyl (C=O) groups is 1. The average Bonchev–Trinajstić information content (AvgIpc) is 3.09. The quantitative estimate of drug-likeness (QED) is 0.927. The molecule has 1 N–H and O–H groups in total. The highest BCUT2D eigenvalue weighted by Crippen LogP contribution is 2.33. The van der Waals surface area contributed by atoms with E-state index in [2.05, 4.69) is 0 Å². The standard InChI is InChI=1S/C15H13NO5/c16-7-13-14(10-3-1-2-4-11(10)21-13)19-8-9-5-6-12(20-9)15(17)18/h1-4,9,12H,5-6,8H2,(H,17,18). The third-order valence-corrected chi connectivity index (χ3v) is 3.45. The van der Waals surface area contributed by atoms with Crippen molar-refractivity contribution in [3.8, 4) is 11.8 Å². The van der Waals surface area contributed by atoms with Crippen LogP contribution in [0, 0.1) is 11.3 Å². The summed E-state index contributed by atoms with van der Waals surface area (Å²) in [5, 5.41) is 18.7. The summed E-state index contributed by atoms with van der Waals surface area (Å²) in [6.07, 6.45) is 0.0383. The largest absolute Gasteiger partial charge is 0.485 e. The third kappa shape index (κ3) is 2.56. The Labute approximate surface area is 120 Å². The van der Waals surface area contributed by atoms with E-state index < -0.39 is 12.1 Å². The van der Waals surface area contributed by atoms with Crippen molar-refractivity contribution in [3.05, 3.63) is 30.0 Å². The van der Waals surface area contributed by atoms with E-state index in [4.69, 9.17) is 24.3 Å². The van der Waals surface area contributed by atoms with Gasteiger partial charge in [-0.25, -0.2) is 4.79 Å². The number of para-hydroxylation sites is 1. The molecule has 1 aliphatic heterocycles. The summed E-state index contributed by atoms with van der Waals surface area (Å²) < 4.78 is 16.4. The maximum absolute atomic E-state index is 10.8. The monoisotopic (exact) mass is 287 g/mol. The van der Waals surface area contributed by atoms with Crippen molar-refractivity contribution in [1.29, 1.82) is 5.26 Å². The predicted molar refractivity (Wildman–Crippen MR) is 72.0 cm³/mol. The van der Waals surface area contributed by atoms with Crippen LogP contribution in [-0.4, -0.2) is 29.9 Å². The molecule has 0 aliphatic carbocycles. The molecule has 1 fully saturated rings. The molecule has 3 rings (SSSR count). The molecule has 6 heteroatoms. The number of nitriles is 1. The highest BCUT2D eigenvalue weighted by Gasteiger charge is 2.31. The van der Waals surface area contributed by atoms with Gasteiger partial charge in [0.1, 0.15) is 18.3 Å². The first-order valence-electron chi connectivity index (χ1n) is 6.61. The van der Waals surface area contributed by atoms with Crippen LogP contribution in [0.4, 0.5) is 0 Å². The second kappa shape index (κ2) is 5.46. The molecule has 2 aromatic rings. The van der Waals surface area contributed by atoms with Crippen molar-refractivity contribution in [3.63, 3.8) is 0 Å². The Bertz CT molecular complexity index is 714. The number of nitrogens with zero attached hydrogens (tertiary/aromatic N) is 1. The van der Waals surface area contributed by atoms with Crippen molar-refractivity contribution in [1.82, 2.24) is 0 Å². The van der Waals surface area contributed by atoms with Gasteiger partial charge in [-0.05, 0) is 25.0 Å². The maximum Gasteiger partial charge on any atom is 0.332 e. The summed E-state index contributed by atoms with van der Waals surface area (Å²) in [6.45, 7) is 0.196. The topological polar surface area (TPSA) is 92.7 Å². The SMILES string of the molecule is N#Cc1oc2ccccc2c1OCC1CCC(C(=O)O)O1. The van der Waals surface area contributed by atoms with Crippen molar-refractivity contribution >= 4 is 16.9 Å². The summed E-state index contributed by atoms with van der Waals surface area (Å²) in [5.74, 6) is -0.455. The van der Waals surface area contributed by atoms with Crippen molar-refractivity contribution in [2.24, 2.45) is 0 Å². The molecule has 0 spiro atoms. The molecule has 1 aromatic heterocycles. The highest BCUT2D eigenvalue weighted by molar-refractivity contribution is 5.86. The number of fused-ring (bicyclic) bond motifs is 1. The molecule has 0 amide bonds. The van der Waals surface area contributed by atoms with Gasteiger partial charge in [-0.3, -0.25) is 0 Å². The maximum atomic E-state index is 10.8. The Morgan fingerprint density at radius 3 is 2.95 bits per heavy atom. The second-order valence-corrected chi connectivity index (χ2v) is 4.84. The molecule has 0 bridgehead atoms. The van der Waals surface area contributed by atoms with Crippen molar-refractivity contribution < 1.29 is 23.8 Å². The van der Waals surface area contributed by atoms with Crippen LogP contribution in [0.25, 0.3) is 11.0 Å². The fraction of sp³-hybridized carbons (Fsp3) is 0.333. The number of hydrogen-bond acceptors (Lipinski definition) is 5. The van der Waals surface area contributed by atoms with E-state index in [1.54, 1.807) is 6.07 Å². The number of ether oxygens (including phenoxy) is 2. The van der Waals surface area contributed by atoms with E-state index in [1.165, 1.54) is 0 Å². The summed E-state index contributed by atoms with van der Waals surface area (Å²) in [4.78, 5) is 10.8. The fourth-order valence-electron chi connectivity index (χ4n) is 2.42. The number of furan rings is 1. The van der Waals surface area contributed by atoms with Crippen LogP contribution >= 0.6 is 0 Å². The van der Waals surface area contributed by atoms with Gasteiger partial charge in [0.15, 0.2) is 11.9 Å². The number of hydrogen-bond donors (Lipinski definition) is 1. The van der Waals surface area contributed by atoms with Gasteiger partial charge in [-0.1, -0.05) is 12.1 Å². The molecule has 2 atom stereocenters. The van der Waals surface area contributed by atoms with Crippen LogP contribution in [0.15, 0.2) is 28.7 Å². The summed E-state index contributed by atoms with van der Waals surface area (Å²) in [7, 11) is 0. The molecule has 21 heavy (non-hydrogen) atoms. The number of carboxylic acids is 1. The van der Waals surface area contributed by atoms with E-state index in [-0.39, 0.29) is 18.5 Å². The summed E-state index contributed by atoms with van der Waals surface area (Å²) in [6, 6.07) is 9.18. The van der Waals surface area contributed by atoms with Crippen LogP contribution in [0.1, 0.15) is 18.6 Å². The Morgan fingerprint density at radius 2 is 2.24 bits per heavy atom. The number of rotatable bonds is 4. The first-order valence-corrected chi connectivity index (χ1v) is 6.61. The molecule has 1 aliphatic rings. The van der Waals surface area contributed by atoms with Gasteiger partial charge in [0, 0.05) is 0 Å². The van der Waals surface area contributed by atoms with Gasteiger partial charge in [0.2, 0.25) is 5.76 Å². The molecule has 2 unspecified atom stereocenters. The van der Waals surface area contributed by atoms with Crippen LogP contribution in [0.5, 0.6) is 5.75 Å². The van der Waals surface area contributed by atoms with Crippen LogP contribution in [0.2, 0.25) is 0 Å². The molecule has 108 valence electrons. The molecule has 1 aromatic carbocycles. The average molecular weight is 287 g/mol. The number of aliphatic carboxylic acids is 1. The molecule has 0 saturated carbocycles. The van der Waals surface area contributed by atoms with Gasteiger partial charge in [-0.15, -0.1) is 0 Å². The first kappa shape index (κ1) is 13.5.